The zero-order valence-corrected chi connectivity index (χ0v) is 18.0. The summed E-state index contributed by atoms with van der Waals surface area (Å²) in [7, 11) is 0. The molecule has 5 aliphatic rings. The number of piperidine rings is 1. The number of rotatable bonds is 5. The van der Waals surface area contributed by atoms with Crippen LogP contribution in [-0.2, 0) is 9.53 Å². The van der Waals surface area contributed by atoms with Gasteiger partial charge in [0.15, 0.2) is 0 Å². The number of nitrogens with zero attached hydrogens (tertiary/aromatic N) is 3. The van der Waals surface area contributed by atoms with Crippen LogP contribution in [0.25, 0.3) is 0 Å². The van der Waals surface area contributed by atoms with Gasteiger partial charge in [-0.3, -0.25) is 14.7 Å². The summed E-state index contributed by atoms with van der Waals surface area (Å²) in [6.07, 6.45) is 9.97. The second-order valence-electron chi connectivity index (χ2n) is 8.81. The Morgan fingerprint density at radius 2 is 1.97 bits per heavy atom. The van der Waals surface area contributed by atoms with E-state index in [2.05, 4.69) is 20.2 Å². The number of nitrogens with one attached hydrogen (secondary N) is 1. The average Bonchev–Trinajstić information content (AvgIpc) is 3.18. The highest BCUT2D eigenvalue weighted by Gasteiger charge is 2.36. The van der Waals surface area contributed by atoms with Gasteiger partial charge in [-0.15, -0.1) is 0 Å². The van der Waals surface area contributed by atoms with Crippen molar-refractivity contribution in [2.24, 2.45) is 15.9 Å². The molecule has 2 aliphatic carbocycles. The first kappa shape index (κ1) is 20.4. The number of carbonyl (C=O) groups excluding carboxylic acids is 1. The second-order valence-corrected chi connectivity index (χ2v) is 10.1. The standard InChI is InChI=1S/C22H29FN4O2S/c23-18-9-15(24-14-3-1-2-4-14)10-19-21(18)22(28)26-20(25-19)13-30-17-5-7-27(8-6-17)16-11-29-12-16/h9-10,14,16-17,21H,1-8,11-13H2,(H,25,26,28). The molecule has 3 fully saturated rings. The van der Waals surface area contributed by atoms with Crippen molar-refractivity contribution < 1.29 is 13.9 Å². The van der Waals surface area contributed by atoms with Crippen LogP contribution < -0.4 is 5.32 Å². The van der Waals surface area contributed by atoms with Gasteiger partial charge in [0.2, 0.25) is 5.91 Å². The Balaban J connectivity index is 1.21. The molecule has 3 heterocycles. The highest BCUT2D eigenvalue weighted by Crippen LogP contribution is 2.32. The highest BCUT2D eigenvalue weighted by molar-refractivity contribution is 8.00. The average molecular weight is 433 g/mol. The molecule has 0 bridgehead atoms. The van der Waals surface area contributed by atoms with E-state index in [9.17, 15) is 9.18 Å². The molecule has 1 atom stereocenters. The molecule has 0 aromatic heterocycles. The van der Waals surface area contributed by atoms with Gasteiger partial charge in [-0.05, 0) is 50.9 Å². The lowest BCUT2D eigenvalue weighted by atomic mass is 9.94. The zero-order valence-electron chi connectivity index (χ0n) is 17.2. The summed E-state index contributed by atoms with van der Waals surface area (Å²) >= 11 is 1.84. The first-order valence-corrected chi connectivity index (χ1v) is 12.2. The Labute approximate surface area is 181 Å². The SMILES string of the molecule is O=C1NC(CSC2CCN(C3COC3)CC2)=NC2=CC(=NC3CCCC3)C=C(F)C12. The minimum Gasteiger partial charge on any atom is -0.378 e. The molecule has 162 valence electrons. The fraction of sp³-hybridized carbons (Fsp3) is 0.682. The predicted molar refractivity (Wildman–Crippen MR) is 118 cm³/mol. The van der Waals surface area contributed by atoms with Gasteiger partial charge in [0.25, 0.3) is 0 Å². The lowest BCUT2D eigenvalue weighted by molar-refractivity contribution is -0.122. The number of carbonyl (C=O) groups is 1. The third-order valence-electron chi connectivity index (χ3n) is 6.67. The van der Waals surface area contributed by atoms with Gasteiger partial charge in [-0.2, -0.15) is 11.8 Å². The summed E-state index contributed by atoms with van der Waals surface area (Å²) < 4.78 is 19.9. The number of fused-ring (bicyclic) bond motifs is 1. The van der Waals surface area contributed by atoms with Crippen molar-refractivity contribution >= 4 is 29.2 Å². The van der Waals surface area contributed by atoms with Crippen molar-refractivity contribution in [2.45, 2.75) is 55.9 Å². The van der Waals surface area contributed by atoms with E-state index in [0.717, 1.165) is 52.0 Å². The van der Waals surface area contributed by atoms with Crippen LogP contribution in [0.4, 0.5) is 4.39 Å². The van der Waals surface area contributed by atoms with E-state index < -0.39 is 11.7 Å². The topological polar surface area (TPSA) is 66.3 Å². The summed E-state index contributed by atoms with van der Waals surface area (Å²) in [5.74, 6) is -0.413. The van der Waals surface area contributed by atoms with Crippen LogP contribution in [0.1, 0.15) is 38.5 Å². The van der Waals surface area contributed by atoms with Crippen molar-refractivity contribution in [1.82, 2.24) is 10.2 Å². The number of likely N-dealkylation sites (tertiary alicyclic amines) is 1. The Hall–Kier alpha value is -1.51. The van der Waals surface area contributed by atoms with E-state index in [1.54, 1.807) is 6.08 Å². The Kier molecular flexibility index (Phi) is 6.07. The van der Waals surface area contributed by atoms with Crippen molar-refractivity contribution in [3.63, 3.8) is 0 Å². The summed E-state index contributed by atoms with van der Waals surface area (Å²) in [5, 5.41) is 3.39. The number of allylic oxidation sites excluding steroid dienone is 2. The number of hydrogen-bond acceptors (Lipinski definition) is 6. The fourth-order valence-electron chi connectivity index (χ4n) is 4.82. The molecule has 0 spiro atoms. The van der Waals surface area contributed by atoms with E-state index in [-0.39, 0.29) is 11.9 Å². The Morgan fingerprint density at radius 3 is 2.67 bits per heavy atom. The summed E-state index contributed by atoms with van der Waals surface area (Å²) in [5.41, 5.74) is 1.11. The zero-order chi connectivity index (χ0) is 20.5. The molecule has 3 aliphatic heterocycles. The quantitative estimate of drug-likeness (QED) is 0.726. The summed E-state index contributed by atoms with van der Waals surface area (Å²) in [6, 6.07) is 0.877. The lowest BCUT2D eigenvalue weighted by Crippen LogP contribution is -2.52. The molecular formula is C22H29FN4O2S. The van der Waals surface area contributed by atoms with Gasteiger partial charge in [0.1, 0.15) is 17.6 Å². The first-order chi connectivity index (χ1) is 14.7. The molecule has 0 aromatic rings. The maximum Gasteiger partial charge on any atom is 0.241 e. The minimum absolute atomic E-state index is 0.270. The number of amides is 1. The third kappa shape index (κ3) is 4.41. The van der Waals surface area contributed by atoms with Crippen LogP contribution in [0.3, 0.4) is 0 Å². The second kappa shape index (κ2) is 8.93. The van der Waals surface area contributed by atoms with E-state index in [0.29, 0.717) is 34.3 Å². The van der Waals surface area contributed by atoms with Crippen LogP contribution in [0.5, 0.6) is 0 Å². The molecule has 0 radical (unpaired) electrons. The maximum atomic E-state index is 14.6. The van der Waals surface area contributed by atoms with Gasteiger partial charge in [0, 0.05) is 5.25 Å². The fourth-order valence-corrected chi connectivity index (χ4v) is 5.90. The smallest absolute Gasteiger partial charge is 0.241 e. The van der Waals surface area contributed by atoms with Crippen LogP contribution >= 0.6 is 11.8 Å². The van der Waals surface area contributed by atoms with Gasteiger partial charge >= 0.3 is 0 Å². The molecule has 2 saturated heterocycles. The molecule has 1 N–H and O–H groups in total. The molecule has 8 heteroatoms. The van der Waals surface area contributed by atoms with Gasteiger partial charge in [0.05, 0.1) is 42.5 Å². The summed E-state index contributed by atoms with van der Waals surface area (Å²) in [4.78, 5) is 24.4. The third-order valence-corrected chi connectivity index (χ3v) is 8.06. The van der Waals surface area contributed by atoms with Crippen molar-refractivity contribution in [1.29, 1.82) is 0 Å². The monoisotopic (exact) mass is 432 g/mol. The van der Waals surface area contributed by atoms with Gasteiger partial charge in [-0.1, -0.05) is 12.8 Å². The van der Waals surface area contributed by atoms with Crippen molar-refractivity contribution in [2.75, 3.05) is 32.1 Å². The minimum atomic E-state index is -0.922. The molecule has 1 saturated carbocycles. The molecule has 1 amide bonds. The number of thioether (sulfide) groups is 1. The molecule has 6 nitrogen and oxygen atoms in total. The summed E-state index contributed by atoms with van der Waals surface area (Å²) in [6.45, 7) is 3.95. The van der Waals surface area contributed by atoms with E-state index >= 15 is 0 Å². The van der Waals surface area contributed by atoms with E-state index in [1.165, 1.54) is 18.9 Å². The maximum absolute atomic E-state index is 14.6. The van der Waals surface area contributed by atoms with Crippen molar-refractivity contribution in [3.05, 3.63) is 23.7 Å². The predicted octanol–water partition coefficient (Wildman–Crippen LogP) is 2.86. The van der Waals surface area contributed by atoms with Crippen LogP contribution in [0.15, 0.2) is 33.7 Å². The number of amidine groups is 1. The van der Waals surface area contributed by atoms with E-state index in [1.807, 2.05) is 11.8 Å². The van der Waals surface area contributed by atoms with Gasteiger partial charge < -0.3 is 10.1 Å². The largest absolute Gasteiger partial charge is 0.378 e. The number of aliphatic imine (C=N–C) groups is 2. The first-order valence-electron chi connectivity index (χ1n) is 11.1. The number of ether oxygens (including phenoxy) is 1. The molecule has 0 aromatic carbocycles. The molecule has 30 heavy (non-hydrogen) atoms. The van der Waals surface area contributed by atoms with Crippen LogP contribution in [-0.4, -0.2) is 71.7 Å². The van der Waals surface area contributed by atoms with Crippen LogP contribution in [0.2, 0.25) is 0 Å². The van der Waals surface area contributed by atoms with Crippen LogP contribution in [0, 0.1) is 5.92 Å². The number of halogens is 1. The van der Waals surface area contributed by atoms with Gasteiger partial charge in [-0.25, -0.2) is 9.38 Å². The Bertz CT molecular complexity index is 806. The highest BCUT2D eigenvalue weighted by atomic mass is 32.2. The molecule has 5 rings (SSSR count). The van der Waals surface area contributed by atoms with Crippen molar-refractivity contribution in [3.8, 4) is 0 Å². The number of hydrogen-bond donors (Lipinski definition) is 1. The van der Waals surface area contributed by atoms with E-state index in [4.69, 9.17) is 4.74 Å². The molecule has 1 unspecified atom stereocenters. The Morgan fingerprint density at radius 1 is 1.20 bits per heavy atom. The lowest BCUT2D eigenvalue weighted by Gasteiger charge is -2.41. The normalized spacial score (nSPS) is 30.4. The molecular weight excluding hydrogens is 403 g/mol.